The van der Waals surface area contributed by atoms with Gasteiger partial charge < -0.3 is 15.5 Å². The number of nitrogens with one attached hydrogen (secondary N) is 2. The molecule has 6 nitrogen and oxygen atoms in total. The van der Waals surface area contributed by atoms with Gasteiger partial charge in [0.05, 0.1) is 23.0 Å². The van der Waals surface area contributed by atoms with Crippen LogP contribution < -0.4 is 10.6 Å². The van der Waals surface area contributed by atoms with Gasteiger partial charge in [0, 0.05) is 24.7 Å². The number of hydrogen-bond acceptors (Lipinski definition) is 3. The minimum Gasteiger partial charge on any atom is -0.345 e. The van der Waals surface area contributed by atoms with E-state index < -0.39 is 6.04 Å². The van der Waals surface area contributed by atoms with Crippen LogP contribution >= 0.6 is 11.6 Å². The van der Waals surface area contributed by atoms with E-state index in [2.05, 4.69) is 10.6 Å². The molecule has 1 atom stereocenters. The van der Waals surface area contributed by atoms with Crippen molar-refractivity contribution in [3.63, 3.8) is 0 Å². The van der Waals surface area contributed by atoms with Gasteiger partial charge >= 0.3 is 0 Å². The largest absolute Gasteiger partial charge is 0.345 e. The van der Waals surface area contributed by atoms with Crippen molar-refractivity contribution in [2.24, 2.45) is 5.92 Å². The molecule has 1 aliphatic rings. The second kappa shape index (κ2) is 11.7. The highest BCUT2D eigenvalue weighted by molar-refractivity contribution is 6.33. The van der Waals surface area contributed by atoms with Crippen molar-refractivity contribution in [2.45, 2.75) is 25.3 Å². The summed E-state index contributed by atoms with van der Waals surface area (Å²) in [4.78, 5) is 40.5. The molecule has 0 bridgehead atoms. The van der Waals surface area contributed by atoms with Gasteiger partial charge in [-0.3, -0.25) is 14.4 Å². The summed E-state index contributed by atoms with van der Waals surface area (Å²) in [5, 5.41) is 6.29. The average molecular weight is 490 g/mol. The number of hydrogen-bond donors (Lipinski definition) is 2. The highest BCUT2D eigenvalue weighted by Gasteiger charge is 2.29. The molecule has 0 saturated carbocycles. The van der Waals surface area contributed by atoms with Crippen molar-refractivity contribution in [1.82, 2.24) is 10.2 Å². The van der Waals surface area contributed by atoms with Gasteiger partial charge in [-0.05, 0) is 42.7 Å². The first-order valence-electron chi connectivity index (χ1n) is 11.8. The van der Waals surface area contributed by atoms with E-state index in [0.717, 1.165) is 11.3 Å². The van der Waals surface area contributed by atoms with E-state index in [9.17, 15) is 14.4 Å². The van der Waals surface area contributed by atoms with Crippen LogP contribution in [0, 0.1) is 5.92 Å². The zero-order valence-corrected chi connectivity index (χ0v) is 20.1. The number of carbonyl (C=O) groups excluding carboxylic acids is 3. The standard InChI is InChI=1S/C28H28ClN3O3/c29-24-14-8-7-13-23(24)28(35)31-25(20-9-3-1-4-10-20)19-26(33)32-17-15-21(16-18-32)27(34)30-22-11-5-2-6-12-22/h1-14,21,25H,15-19H2,(H,30,34)(H,31,35). The number of likely N-dealkylation sites (tertiary alicyclic amines) is 1. The summed E-state index contributed by atoms with van der Waals surface area (Å²) >= 11 is 6.20. The number of para-hydroxylation sites is 1. The first-order chi connectivity index (χ1) is 17.0. The Hall–Kier alpha value is -3.64. The summed E-state index contributed by atoms with van der Waals surface area (Å²) < 4.78 is 0. The number of nitrogens with zero attached hydrogens (tertiary/aromatic N) is 1. The fourth-order valence-corrected chi connectivity index (χ4v) is 4.50. The number of carbonyl (C=O) groups is 3. The summed E-state index contributed by atoms with van der Waals surface area (Å²) in [6, 6.07) is 25.2. The molecule has 0 aromatic heterocycles. The van der Waals surface area contributed by atoms with Gasteiger partial charge in [-0.2, -0.15) is 0 Å². The van der Waals surface area contributed by atoms with Gasteiger partial charge in [0.15, 0.2) is 0 Å². The molecular weight excluding hydrogens is 462 g/mol. The van der Waals surface area contributed by atoms with Crippen LogP contribution in [0.1, 0.15) is 41.2 Å². The second-order valence-corrected chi connectivity index (χ2v) is 9.04. The fourth-order valence-electron chi connectivity index (χ4n) is 4.28. The molecule has 35 heavy (non-hydrogen) atoms. The Kier molecular flexibility index (Phi) is 8.16. The molecule has 1 fully saturated rings. The van der Waals surface area contributed by atoms with Gasteiger partial charge in [-0.15, -0.1) is 0 Å². The van der Waals surface area contributed by atoms with Crippen LogP contribution in [-0.2, 0) is 9.59 Å². The number of rotatable bonds is 7. The van der Waals surface area contributed by atoms with E-state index in [1.165, 1.54) is 0 Å². The SMILES string of the molecule is O=C(NC(CC(=O)N1CCC(C(=O)Nc2ccccc2)CC1)c1ccccc1)c1ccccc1Cl. The number of piperidine rings is 1. The van der Waals surface area contributed by atoms with Gasteiger partial charge in [0.25, 0.3) is 5.91 Å². The smallest absolute Gasteiger partial charge is 0.253 e. The summed E-state index contributed by atoms with van der Waals surface area (Å²) in [5.41, 5.74) is 1.99. The van der Waals surface area contributed by atoms with E-state index in [1.54, 1.807) is 29.2 Å². The Bertz CT molecular complexity index is 1160. The van der Waals surface area contributed by atoms with Crippen LogP contribution in [0.15, 0.2) is 84.9 Å². The fraction of sp³-hybridized carbons (Fsp3) is 0.250. The summed E-state index contributed by atoms with van der Waals surface area (Å²) in [6.07, 6.45) is 1.33. The van der Waals surface area contributed by atoms with Crippen LogP contribution in [-0.4, -0.2) is 35.7 Å². The molecule has 1 saturated heterocycles. The lowest BCUT2D eigenvalue weighted by atomic mass is 9.94. The van der Waals surface area contributed by atoms with Crippen molar-refractivity contribution < 1.29 is 14.4 Å². The lowest BCUT2D eigenvalue weighted by Gasteiger charge is -2.32. The average Bonchev–Trinajstić information content (AvgIpc) is 2.89. The molecule has 0 aliphatic carbocycles. The van der Waals surface area contributed by atoms with Gasteiger partial charge in [-0.1, -0.05) is 72.3 Å². The van der Waals surface area contributed by atoms with E-state index in [0.29, 0.717) is 36.5 Å². The summed E-state index contributed by atoms with van der Waals surface area (Å²) in [7, 11) is 0. The minimum atomic E-state index is -0.494. The molecule has 3 aromatic carbocycles. The zero-order chi connectivity index (χ0) is 24.6. The molecule has 1 aliphatic heterocycles. The molecule has 180 valence electrons. The van der Waals surface area contributed by atoms with E-state index in [1.807, 2.05) is 60.7 Å². The molecule has 0 spiro atoms. The van der Waals surface area contributed by atoms with Crippen molar-refractivity contribution in [3.8, 4) is 0 Å². The number of benzene rings is 3. The van der Waals surface area contributed by atoms with Gasteiger partial charge in [0.1, 0.15) is 0 Å². The van der Waals surface area contributed by atoms with Crippen LogP contribution in [0.25, 0.3) is 0 Å². The third-order valence-electron chi connectivity index (χ3n) is 6.26. The zero-order valence-electron chi connectivity index (χ0n) is 19.3. The predicted octanol–water partition coefficient (Wildman–Crippen LogP) is 5.08. The number of anilines is 1. The summed E-state index contributed by atoms with van der Waals surface area (Å²) in [6.45, 7) is 1.01. The second-order valence-electron chi connectivity index (χ2n) is 8.63. The van der Waals surface area contributed by atoms with Crippen molar-refractivity contribution in [2.75, 3.05) is 18.4 Å². The van der Waals surface area contributed by atoms with E-state index >= 15 is 0 Å². The Morgan fingerprint density at radius 1 is 0.857 bits per heavy atom. The molecule has 2 N–H and O–H groups in total. The van der Waals surface area contributed by atoms with Crippen molar-refractivity contribution in [3.05, 3.63) is 101 Å². The first-order valence-corrected chi connectivity index (χ1v) is 12.1. The Labute approximate surface area is 210 Å². The van der Waals surface area contributed by atoms with Crippen LogP contribution in [0.5, 0.6) is 0 Å². The number of amides is 3. The molecule has 1 unspecified atom stereocenters. The van der Waals surface area contributed by atoms with E-state index in [4.69, 9.17) is 11.6 Å². The highest BCUT2D eigenvalue weighted by atomic mass is 35.5. The Morgan fingerprint density at radius 2 is 1.46 bits per heavy atom. The van der Waals surface area contributed by atoms with Crippen LogP contribution in [0.2, 0.25) is 5.02 Å². The minimum absolute atomic E-state index is 0.0162. The molecule has 7 heteroatoms. The van der Waals surface area contributed by atoms with Gasteiger partial charge in [0.2, 0.25) is 11.8 Å². The first kappa shape index (κ1) is 24.5. The summed E-state index contributed by atoms with van der Waals surface area (Å²) in [5.74, 6) is -0.532. The third kappa shape index (κ3) is 6.49. The highest BCUT2D eigenvalue weighted by Crippen LogP contribution is 2.24. The molecule has 0 radical (unpaired) electrons. The molecule has 1 heterocycles. The van der Waals surface area contributed by atoms with E-state index in [-0.39, 0.29) is 30.1 Å². The maximum absolute atomic E-state index is 13.2. The number of halogens is 1. The third-order valence-corrected chi connectivity index (χ3v) is 6.59. The molecular formula is C28H28ClN3O3. The molecule has 3 aromatic rings. The lowest BCUT2D eigenvalue weighted by molar-refractivity contribution is -0.135. The monoisotopic (exact) mass is 489 g/mol. The lowest BCUT2D eigenvalue weighted by Crippen LogP contribution is -2.43. The molecule has 4 rings (SSSR count). The van der Waals surface area contributed by atoms with Crippen LogP contribution in [0.3, 0.4) is 0 Å². The maximum atomic E-state index is 13.2. The maximum Gasteiger partial charge on any atom is 0.253 e. The molecule has 3 amide bonds. The Morgan fingerprint density at radius 3 is 2.11 bits per heavy atom. The van der Waals surface area contributed by atoms with Crippen LogP contribution in [0.4, 0.5) is 5.69 Å². The van der Waals surface area contributed by atoms with Gasteiger partial charge in [-0.25, -0.2) is 0 Å². The Balaban J connectivity index is 1.37. The normalized spacial score (nSPS) is 14.7. The topological polar surface area (TPSA) is 78.5 Å². The predicted molar refractivity (Wildman–Crippen MR) is 137 cm³/mol. The quantitative estimate of drug-likeness (QED) is 0.486. The van der Waals surface area contributed by atoms with Crippen molar-refractivity contribution >= 4 is 35.0 Å². The van der Waals surface area contributed by atoms with Crippen molar-refractivity contribution in [1.29, 1.82) is 0 Å².